The summed E-state index contributed by atoms with van der Waals surface area (Å²) < 4.78 is 20.1. The predicted molar refractivity (Wildman–Crippen MR) is 31.3 cm³/mol. The normalized spacial score (nSPS) is 12.8. The first-order valence-corrected chi connectivity index (χ1v) is 3.56. The van der Waals surface area contributed by atoms with Crippen LogP contribution in [0.5, 0.6) is 0 Å². The molecule has 0 aromatic rings. The summed E-state index contributed by atoms with van der Waals surface area (Å²) in [5, 5.41) is 5.42. The average molecular weight is 136 g/mol. The summed E-state index contributed by atoms with van der Waals surface area (Å²) in [5.74, 6) is 0. The summed E-state index contributed by atoms with van der Waals surface area (Å²) in [6, 6.07) is 0. The maximum absolute atomic E-state index is 10.0. The van der Waals surface area contributed by atoms with Gasteiger partial charge < -0.3 is 5.73 Å². The van der Waals surface area contributed by atoms with Crippen LogP contribution >= 0.6 is 0 Å². The molecule has 0 aliphatic rings. The Labute approximate surface area is 48.2 Å². The van der Waals surface area contributed by atoms with E-state index >= 15 is 0 Å². The van der Waals surface area contributed by atoms with Crippen LogP contribution in [0.3, 0.4) is 0 Å². The number of primary sulfonamides is 1. The van der Waals surface area contributed by atoms with Crippen LogP contribution in [-0.2, 0) is 10.0 Å². The Bertz CT molecular complexity index is 170. The SMILES string of the molecule is NC/C=C/S(N)(=O)=O. The zero-order valence-corrected chi connectivity index (χ0v) is 5.06. The Morgan fingerprint density at radius 2 is 2.00 bits per heavy atom. The van der Waals surface area contributed by atoms with Crippen LogP contribution in [0.25, 0.3) is 0 Å². The van der Waals surface area contributed by atoms with Crippen LogP contribution in [0.15, 0.2) is 11.5 Å². The number of nitrogens with two attached hydrogens (primary N) is 2. The second-order valence-corrected chi connectivity index (χ2v) is 2.65. The van der Waals surface area contributed by atoms with Crippen molar-refractivity contribution in [2.24, 2.45) is 10.9 Å². The van der Waals surface area contributed by atoms with Gasteiger partial charge in [0.05, 0.1) is 0 Å². The van der Waals surface area contributed by atoms with E-state index < -0.39 is 10.0 Å². The largest absolute Gasteiger partial charge is 0.327 e. The highest BCUT2D eigenvalue weighted by atomic mass is 32.2. The van der Waals surface area contributed by atoms with Crippen molar-refractivity contribution < 1.29 is 8.42 Å². The molecule has 8 heavy (non-hydrogen) atoms. The lowest BCUT2D eigenvalue weighted by atomic mass is 10.7. The molecule has 0 fully saturated rings. The van der Waals surface area contributed by atoms with Gasteiger partial charge in [0.2, 0.25) is 10.0 Å². The van der Waals surface area contributed by atoms with Gasteiger partial charge in [-0.1, -0.05) is 6.08 Å². The van der Waals surface area contributed by atoms with Gasteiger partial charge in [-0.15, -0.1) is 0 Å². The summed E-state index contributed by atoms with van der Waals surface area (Å²) in [6.07, 6.45) is 1.27. The zero-order valence-electron chi connectivity index (χ0n) is 4.24. The van der Waals surface area contributed by atoms with Crippen LogP contribution in [0.1, 0.15) is 0 Å². The molecule has 0 atom stereocenters. The van der Waals surface area contributed by atoms with E-state index in [1.807, 2.05) is 0 Å². The van der Waals surface area contributed by atoms with Gasteiger partial charge in [0.1, 0.15) is 0 Å². The first-order chi connectivity index (χ1) is 3.56. The average Bonchev–Trinajstić information content (AvgIpc) is 1.59. The fraction of sp³-hybridized carbons (Fsp3) is 0.333. The Morgan fingerprint density at radius 1 is 1.50 bits per heavy atom. The molecule has 0 bridgehead atoms. The van der Waals surface area contributed by atoms with Crippen molar-refractivity contribution >= 4 is 10.0 Å². The van der Waals surface area contributed by atoms with Gasteiger partial charge in [-0.25, -0.2) is 13.6 Å². The highest BCUT2D eigenvalue weighted by molar-refractivity contribution is 7.92. The molecule has 4 nitrogen and oxygen atoms in total. The summed E-state index contributed by atoms with van der Waals surface area (Å²) in [4.78, 5) is 0. The van der Waals surface area contributed by atoms with Crippen molar-refractivity contribution in [2.75, 3.05) is 6.54 Å². The molecule has 5 heteroatoms. The van der Waals surface area contributed by atoms with Crippen LogP contribution in [0, 0.1) is 0 Å². The number of rotatable bonds is 2. The van der Waals surface area contributed by atoms with Crippen LogP contribution < -0.4 is 10.9 Å². The first-order valence-electron chi connectivity index (χ1n) is 1.95. The van der Waals surface area contributed by atoms with Gasteiger partial charge in [0.15, 0.2) is 0 Å². The fourth-order valence-corrected chi connectivity index (χ4v) is 0.569. The number of hydrogen-bond acceptors (Lipinski definition) is 3. The standard InChI is InChI=1S/C3H8N2O2S/c4-2-1-3-8(5,6)7/h1,3H,2,4H2,(H2,5,6,7)/b3-1+. The van der Waals surface area contributed by atoms with Crippen molar-refractivity contribution in [3.8, 4) is 0 Å². The third-order valence-electron chi connectivity index (χ3n) is 0.422. The van der Waals surface area contributed by atoms with Gasteiger partial charge >= 0.3 is 0 Å². The molecule has 4 N–H and O–H groups in total. The van der Waals surface area contributed by atoms with E-state index in [-0.39, 0.29) is 6.54 Å². The molecule has 0 rings (SSSR count). The molecule has 0 aliphatic heterocycles. The van der Waals surface area contributed by atoms with E-state index in [0.717, 1.165) is 5.41 Å². The van der Waals surface area contributed by atoms with Crippen molar-refractivity contribution in [1.29, 1.82) is 0 Å². The maximum atomic E-state index is 10.0. The van der Waals surface area contributed by atoms with E-state index in [1.165, 1.54) is 6.08 Å². The van der Waals surface area contributed by atoms with Crippen LogP contribution in [0.4, 0.5) is 0 Å². The molecular formula is C3H8N2O2S. The van der Waals surface area contributed by atoms with Gasteiger partial charge in [-0.3, -0.25) is 0 Å². The molecule has 0 radical (unpaired) electrons. The minimum absolute atomic E-state index is 0.191. The molecule has 0 aliphatic carbocycles. The molecule has 0 spiro atoms. The Kier molecular flexibility index (Phi) is 2.67. The van der Waals surface area contributed by atoms with Crippen molar-refractivity contribution in [3.63, 3.8) is 0 Å². The second kappa shape index (κ2) is 2.81. The highest BCUT2D eigenvalue weighted by Gasteiger charge is 1.88. The third kappa shape index (κ3) is 5.61. The quantitative estimate of drug-likeness (QED) is 0.497. The number of sulfonamides is 1. The molecule has 0 unspecified atom stereocenters. The summed E-state index contributed by atoms with van der Waals surface area (Å²) >= 11 is 0. The maximum Gasteiger partial charge on any atom is 0.230 e. The topological polar surface area (TPSA) is 86.2 Å². The Balaban J connectivity index is 3.92. The first kappa shape index (κ1) is 7.61. The summed E-state index contributed by atoms with van der Waals surface area (Å²) in [6.45, 7) is 0.191. The fourth-order valence-electron chi connectivity index (χ4n) is 0.190. The van der Waals surface area contributed by atoms with E-state index in [1.54, 1.807) is 0 Å². The molecule has 48 valence electrons. The number of hydrogen-bond donors (Lipinski definition) is 2. The molecular weight excluding hydrogens is 128 g/mol. The molecule has 0 aromatic heterocycles. The second-order valence-electron chi connectivity index (χ2n) is 1.20. The van der Waals surface area contributed by atoms with Gasteiger partial charge in [-0.2, -0.15) is 0 Å². The van der Waals surface area contributed by atoms with Crippen LogP contribution in [0.2, 0.25) is 0 Å². The third-order valence-corrected chi connectivity index (χ3v) is 0.994. The highest BCUT2D eigenvalue weighted by Crippen LogP contribution is 1.76. The lowest BCUT2D eigenvalue weighted by Crippen LogP contribution is -2.08. The predicted octanol–water partition coefficient (Wildman–Crippen LogP) is -1.25. The van der Waals surface area contributed by atoms with Crippen LogP contribution in [-0.4, -0.2) is 15.0 Å². The Hall–Kier alpha value is -0.390. The molecule has 0 saturated carbocycles. The Morgan fingerprint density at radius 3 is 2.12 bits per heavy atom. The summed E-state index contributed by atoms with van der Waals surface area (Å²) in [7, 11) is -3.45. The lowest BCUT2D eigenvalue weighted by molar-refractivity contribution is 0.606. The van der Waals surface area contributed by atoms with E-state index in [0.29, 0.717) is 0 Å². The monoisotopic (exact) mass is 136 g/mol. The van der Waals surface area contributed by atoms with Gasteiger partial charge in [0, 0.05) is 12.0 Å². The minimum Gasteiger partial charge on any atom is -0.327 e. The summed E-state index contributed by atoms with van der Waals surface area (Å²) in [5.41, 5.74) is 4.93. The smallest absolute Gasteiger partial charge is 0.230 e. The van der Waals surface area contributed by atoms with Crippen molar-refractivity contribution in [2.45, 2.75) is 0 Å². The molecule has 0 aromatic carbocycles. The minimum atomic E-state index is -3.45. The molecule has 0 heterocycles. The van der Waals surface area contributed by atoms with Crippen molar-refractivity contribution in [3.05, 3.63) is 11.5 Å². The zero-order chi connectivity index (χ0) is 6.62. The van der Waals surface area contributed by atoms with E-state index in [4.69, 9.17) is 5.73 Å². The van der Waals surface area contributed by atoms with E-state index in [9.17, 15) is 8.42 Å². The molecule has 0 amide bonds. The van der Waals surface area contributed by atoms with Gasteiger partial charge in [0.25, 0.3) is 0 Å². The van der Waals surface area contributed by atoms with Crippen molar-refractivity contribution in [1.82, 2.24) is 0 Å². The lowest BCUT2D eigenvalue weighted by Gasteiger charge is -1.81. The molecule has 0 saturated heterocycles. The van der Waals surface area contributed by atoms with E-state index in [2.05, 4.69) is 5.14 Å². The van der Waals surface area contributed by atoms with Gasteiger partial charge in [-0.05, 0) is 0 Å².